The number of nitrogens with zero attached hydrogens (tertiary/aromatic N) is 1. The monoisotopic (exact) mass is 426 g/mol. The molecule has 1 aliphatic rings. The SMILES string of the molecule is CCNC(=NCCS(=O)(=O)NCC1CCC1)Nc1cccc(OCCCOC)c1. The van der Waals surface area contributed by atoms with Crippen LogP contribution in [0.25, 0.3) is 0 Å². The van der Waals surface area contributed by atoms with Crippen molar-refractivity contribution in [1.82, 2.24) is 10.0 Å². The smallest absolute Gasteiger partial charge is 0.213 e. The maximum absolute atomic E-state index is 12.1. The molecule has 3 N–H and O–H groups in total. The van der Waals surface area contributed by atoms with Crippen LogP contribution in [0.4, 0.5) is 5.69 Å². The third kappa shape index (κ3) is 9.47. The lowest BCUT2D eigenvalue weighted by atomic mass is 9.86. The largest absolute Gasteiger partial charge is 0.493 e. The number of methoxy groups -OCH3 is 1. The molecule has 1 aromatic carbocycles. The molecule has 0 spiro atoms. The molecule has 0 bridgehead atoms. The molecule has 0 aromatic heterocycles. The van der Waals surface area contributed by atoms with Crippen LogP contribution >= 0.6 is 0 Å². The van der Waals surface area contributed by atoms with E-state index < -0.39 is 10.0 Å². The van der Waals surface area contributed by atoms with E-state index in [1.807, 2.05) is 31.2 Å². The van der Waals surface area contributed by atoms with Crippen LogP contribution in [-0.4, -0.2) is 60.1 Å². The molecule has 0 saturated heterocycles. The summed E-state index contributed by atoms with van der Waals surface area (Å²) in [6.45, 7) is 4.60. The van der Waals surface area contributed by atoms with Gasteiger partial charge in [0.2, 0.25) is 10.0 Å². The summed E-state index contributed by atoms with van der Waals surface area (Å²) in [7, 11) is -1.63. The number of ether oxygens (including phenoxy) is 2. The van der Waals surface area contributed by atoms with E-state index in [4.69, 9.17) is 9.47 Å². The van der Waals surface area contributed by atoms with Crippen molar-refractivity contribution in [1.29, 1.82) is 0 Å². The van der Waals surface area contributed by atoms with E-state index in [0.29, 0.717) is 38.2 Å². The number of nitrogens with one attached hydrogen (secondary N) is 3. The van der Waals surface area contributed by atoms with Gasteiger partial charge in [-0.1, -0.05) is 12.5 Å². The summed E-state index contributed by atoms with van der Waals surface area (Å²) in [4.78, 5) is 4.39. The second-order valence-electron chi connectivity index (χ2n) is 7.07. The van der Waals surface area contributed by atoms with Crippen molar-refractivity contribution in [3.8, 4) is 5.75 Å². The summed E-state index contributed by atoms with van der Waals surface area (Å²) in [6, 6.07) is 7.58. The minimum atomic E-state index is -3.30. The Morgan fingerprint density at radius 3 is 2.79 bits per heavy atom. The van der Waals surface area contributed by atoms with Crippen LogP contribution in [-0.2, 0) is 14.8 Å². The Bertz CT molecular complexity index is 736. The quantitative estimate of drug-likeness (QED) is 0.254. The van der Waals surface area contributed by atoms with Crippen LogP contribution < -0.4 is 20.1 Å². The molecule has 1 fully saturated rings. The fourth-order valence-electron chi connectivity index (χ4n) is 2.79. The number of benzene rings is 1. The fraction of sp³-hybridized carbons (Fsp3) is 0.650. The highest BCUT2D eigenvalue weighted by Crippen LogP contribution is 2.25. The molecular weight excluding hydrogens is 392 g/mol. The van der Waals surface area contributed by atoms with Gasteiger partial charge in [0.05, 0.1) is 18.9 Å². The van der Waals surface area contributed by atoms with Crippen LogP contribution in [0.3, 0.4) is 0 Å². The van der Waals surface area contributed by atoms with Crippen LogP contribution in [0.1, 0.15) is 32.6 Å². The molecule has 1 saturated carbocycles. The molecule has 0 aliphatic heterocycles. The molecule has 2 rings (SSSR count). The minimum Gasteiger partial charge on any atom is -0.493 e. The summed E-state index contributed by atoms with van der Waals surface area (Å²) in [5.74, 6) is 1.76. The Hall–Kier alpha value is -1.84. The van der Waals surface area contributed by atoms with E-state index in [1.54, 1.807) is 7.11 Å². The summed E-state index contributed by atoms with van der Waals surface area (Å²) < 4.78 is 37.6. The first-order valence-corrected chi connectivity index (χ1v) is 11.9. The molecule has 0 unspecified atom stereocenters. The van der Waals surface area contributed by atoms with Gasteiger partial charge in [0.15, 0.2) is 5.96 Å². The first-order chi connectivity index (χ1) is 14.0. The topological polar surface area (TPSA) is 101 Å². The fourth-order valence-corrected chi connectivity index (χ4v) is 3.76. The molecule has 8 nitrogen and oxygen atoms in total. The van der Waals surface area contributed by atoms with Crippen molar-refractivity contribution >= 4 is 21.7 Å². The Balaban J connectivity index is 1.84. The molecule has 0 atom stereocenters. The van der Waals surface area contributed by atoms with Gasteiger partial charge in [-0.2, -0.15) is 0 Å². The van der Waals surface area contributed by atoms with Crippen molar-refractivity contribution in [2.75, 3.05) is 51.0 Å². The number of anilines is 1. The minimum absolute atomic E-state index is 0.0288. The van der Waals surface area contributed by atoms with Gasteiger partial charge < -0.3 is 20.1 Å². The van der Waals surface area contributed by atoms with E-state index in [9.17, 15) is 8.42 Å². The van der Waals surface area contributed by atoms with Gasteiger partial charge in [0, 0.05) is 45.0 Å². The molecule has 164 valence electrons. The van der Waals surface area contributed by atoms with Gasteiger partial charge in [-0.3, -0.25) is 4.99 Å². The van der Waals surface area contributed by atoms with E-state index in [1.165, 1.54) is 6.42 Å². The molecular formula is C20H34N4O4S. The number of hydrogen-bond donors (Lipinski definition) is 3. The van der Waals surface area contributed by atoms with E-state index >= 15 is 0 Å². The Kier molecular flexibility index (Phi) is 10.2. The Morgan fingerprint density at radius 2 is 2.10 bits per heavy atom. The lowest BCUT2D eigenvalue weighted by Gasteiger charge is -2.25. The number of aliphatic imine (C=N–C) groups is 1. The highest BCUT2D eigenvalue weighted by atomic mass is 32.2. The zero-order valence-corrected chi connectivity index (χ0v) is 18.3. The summed E-state index contributed by atoms with van der Waals surface area (Å²) in [5, 5.41) is 6.33. The molecule has 1 aromatic rings. The predicted octanol–water partition coefficient (Wildman–Crippen LogP) is 2.20. The molecule has 0 amide bonds. The average Bonchev–Trinajstić information content (AvgIpc) is 2.64. The van der Waals surface area contributed by atoms with Crippen LogP contribution in [0, 0.1) is 5.92 Å². The van der Waals surface area contributed by atoms with Crippen molar-refractivity contribution in [2.24, 2.45) is 10.9 Å². The van der Waals surface area contributed by atoms with Crippen LogP contribution in [0.15, 0.2) is 29.3 Å². The van der Waals surface area contributed by atoms with Gasteiger partial charge in [-0.15, -0.1) is 0 Å². The standard InChI is InChI=1S/C20H34N4O4S/c1-3-21-20(22-11-14-29(25,26)23-16-17-7-4-8-17)24-18-9-5-10-19(15-18)28-13-6-12-27-2/h5,9-10,15,17,23H,3-4,6-8,11-14,16H2,1-2H3,(H2,21,22,24). The zero-order valence-electron chi connectivity index (χ0n) is 17.4. The predicted molar refractivity (Wildman–Crippen MR) is 117 cm³/mol. The average molecular weight is 427 g/mol. The van der Waals surface area contributed by atoms with E-state index in [2.05, 4.69) is 20.3 Å². The van der Waals surface area contributed by atoms with Gasteiger partial charge in [-0.25, -0.2) is 13.1 Å². The van der Waals surface area contributed by atoms with Gasteiger partial charge >= 0.3 is 0 Å². The number of hydrogen-bond acceptors (Lipinski definition) is 5. The Labute approximate surface area is 174 Å². The van der Waals surface area contributed by atoms with Crippen molar-refractivity contribution < 1.29 is 17.9 Å². The number of guanidine groups is 1. The molecule has 0 heterocycles. The lowest BCUT2D eigenvalue weighted by molar-refractivity contribution is 0.172. The Morgan fingerprint density at radius 1 is 1.28 bits per heavy atom. The molecule has 0 radical (unpaired) electrons. The second-order valence-corrected chi connectivity index (χ2v) is 9.00. The zero-order chi connectivity index (χ0) is 21.0. The summed E-state index contributed by atoms with van der Waals surface area (Å²) in [5.41, 5.74) is 0.819. The van der Waals surface area contributed by atoms with Crippen LogP contribution in [0.2, 0.25) is 0 Å². The molecule has 9 heteroatoms. The van der Waals surface area contributed by atoms with E-state index in [-0.39, 0.29) is 12.3 Å². The van der Waals surface area contributed by atoms with Gasteiger partial charge in [-0.05, 0) is 37.8 Å². The lowest BCUT2D eigenvalue weighted by Crippen LogP contribution is -2.35. The first-order valence-electron chi connectivity index (χ1n) is 10.3. The first kappa shape index (κ1) is 23.4. The second kappa shape index (κ2) is 12.7. The third-order valence-electron chi connectivity index (χ3n) is 4.65. The maximum atomic E-state index is 12.1. The van der Waals surface area contributed by atoms with E-state index in [0.717, 1.165) is 30.7 Å². The highest BCUT2D eigenvalue weighted by Gasteiger charge is 2.19. The number of rotatable bonds is 13. The van der Waals surface area contributed by atoms with Gasteiger partial charge in [0.1, 0.15) is 5.75 Å². The van der Waals surface area contributed by atoms with Crippen LogP contribution in [0.5, 0.6) is 5.75 Å². The van der Waals surface area contributed by atoms with Gasteiger partial charge in [0.25, 0.3) is 0 Å². The highest BCUT2D eigenvalue weighted by molar-refractivity contribution is 7.89. The number of sulfonamides is 1. The summed E-state index contributed by atoms with van der Waals surface area (Å²) >= 11 is 0. The maximum Gasteiger partial charge on any atom is 0.213 e. The van der Waals surface area contributed by atoms with Crippen molar-refractivity contribution in [2.45, 2.75) is 32.6 Å². The van der Waals surface area contributed by atoms with Crippen molar-refractivity contribution in [3.05, 3.63) is 24.3 Å². The van der Waals surface area contributed by atoms with Crippen molar-refractivity contribution in [3.63, 3.8) is 0 Å². The third-order valence-corrected chi connectivity index (χ3v) is 5.98. The summed E-state index contributed by atoms with van der Waals surface area (Å²) in [6.07, 6.45) is 4.25. The molecule has 29 heavy (non-hydrogen) atoms. The normalized spacial score (nSPS) is 15.0. The molecule has 1 aliphatic carbocycles.